The van der Waals surface area contributed by atoms with Crippen molar-refractivity contribution in [2.75, 3.05) is 33.9 Å². The van der Waals surface area contributed by atoms with Gasteiger partial charge in [-0.25, -0.2) is 0 Å². The van der Waals surface area contributed by atoms with Gasteiger partial charge in [0, 0.05) is 32.3 Å². The van der Waals surface area contributed by atoms with Crippen LogP contribution in [0.4, 0.5) is 0 Å². The third-order valence-corrected chi connectivity index (χ3v) is 5.48. The molecule has 3 nitrogen and oxygen atoms in total. The van der Waals surface area contributed by atoms with E-state index in [4.69, 9.17) is 4.74 Å². The Balaban J connectivity index is 1.88. The van der Waals surface area contributed by atoms with Crippen LogP contribution in [0, 0.1) is 11.8 Å². The van der Waals surface area contributed by atoms with E-state index in [1.54, 1.807) is 0 Å². The van der Waals surface area contributed by atoms with Crippen molar-refractivity contribution in [2.24, 2.45) is 11.8 Å². The monoisotopic (exact) mass is 282 g/mol. The van der Waals surface area contributed by atoms with Crippen LogP contribution in [-0.4, -0.2) is 50.8 Å². The number of hydrogen-bond donors (Lipinski definition) is 1. The van der Waals surface area contributed by atoms with Crippen molar-refractivity contribution in [3.05, 3.63) is 0 Å². The zero-order valence-electron chi connectivity index (χ0n) is 13.7. The van der Waals surface area contributed by atoms with Gasteiger partial charge in [0.25, 0.3) is 0 Å². The first-order valence-electron chi connectivity index (χ1n) is 8.66. The quantitative estimate of drug-likeness (QED) is 0.704. The third kappa shape index (κ3) is 4.71. The molecule has 0 amide bonds. The van der Waals surface area contributed by atoms with Crippen LogP contribution in [0.1, 0.15) is 51.9 Å². The Labute approximate surface area is 125 Å². The molecule has 2 rings (SSSR count). The maximum absolute atomic E-state index is 5.32. The maximum Gasteiger partial charge on any atom is 0.0589 e. The molecular formula is C17H34N2O. The molecule has 0 heterocycles. The first-order chi connectivity index (χ1) is 9.76. The molecular weight excluding hydrogens is 248 g/mol. The molecule has 2 aliphatic rings. The van der Waals surface area contributed by atoms with E-state index in [-0.39, 0.29) is 0 Å². The summed E-state index contributed by atoms with van der Waals surface area (Å²) in [4.78, 5) is 2.68. The lowest BCUT2D eigenvalue weighted by Gasteiger charge is -2.37. The van der Waals surface area contributed by atoms with Crippen LogP contribution in [0.2, 0.25) is 0 Å². The van der Waals surface area contributed by atoms with Crippen molar-refractivity contribution < 1.29 is 4.74 Å². The highest BCUT2D eigenvalue weighted by Gasteiger charge is 2.33. The van der Waals surface area contributed by atoms with E-state index in [1.807, 2.05) is 7.11 Å². The Bertz CT molecular complexity index is 262. The highest BCUT2D eigenvalue weighted by atomic mass is 16.5. The molecule has 0 bridgehead atoms. The second-order valence-corrected chi connectivity index (χ2v) is 6.86. The van der Waals surface area contributed by atoms with Gasteiger partial charge in [-0.1, -0.05) is 19.3 Å². The summed E-state index contributed by atoms with van der Waals surface area (Å²) in [6.07, 6.45) is 10.00. The van der Waals surface area contributed by atoms with Gasteiger partial charge in [-0.05, 0) is 51.5 Å². The molecule has 2 unspecified atom stereocenters. The van der Waals surface area contributed by atoms with Gasteiger partial charge >= 0.3 is 0 Å². The first-order valence-corrected chi connectivity index (χ1v) is 8.66. The minimum Gasteiger partial charge on any atom is -0.383 e. The Morgan fingerprint density at radius 3 is 2.35 bits per heavy atom. The average molecular weight is 282 g/mol. The predicted octanol–water partition coefficient (Wildman–Crippen LogP) is 2.90. The normalized spacial score (nSPS) is 24.0. The second-order valence-electron chi connectivity index (χ2n) is 6.86. The molecule has 0 aromatic carbocycles. The Hall–Kier alpha value is -0.120. The van der Waals surface area contributed by atoms with Crippen molar-refractivity contribution in [2.45, 2.75) is 64.0 Å². The van der Waals surface area contributed by atoms with E-state index < -0.39 is 0 Å². The van der Waals surface area contributed by atoms with Crippen molar-refractivity contribution >= 4 is 0 Å². The standard InChI is InChI=1S/C17H34N2O/c1-14(15-9-10-15)19(11-12-20-3)13-17(18-2)16-7-5-4-6-8-16/h14-18H,4-13H2,1-3H3. The van der Waals surface area contributed by atoms with Crippen LogP contribution >= 0.6 is 0 Å². The molecule has 2 aliphatic carbocycles. The number of likely N-dealkylation sites (N-methyl/N-ethyl adjacent to an activating group) is 1. The Morgan fingerprint density at radius 1 is 1.10 bits per heavy atom. The number of ether oxygens (including phenoxy) is 1. The Kier molecular flexibility index (Phi) is 6.79. The zero-order valence-corrected chi connectivity index (χ0v) is 13.7. The zero-order chi connectivity index (χ0) is 14.4. The summed E-state index contributed by atoms with van der Waals surface area (Å²) in [7, 11) is 3.96. The van der Waals surface area contributed by atoms with Crippen LogP contribution in [0.5, 0.6) is 0 Å². The molecule has 0 aliphatic heterocycles. The van der Waals surface area contributed by atoms with E-state index >= 15 is 0 Å². The first kappa shape index (κ1) is 16.3. The van der Waals surface area contributed by atoms with Crippen molar-refractivity contribution in [3.63, 3.8) is 0 Å². The lowest BCUT2D eigenvalue weighted by Crippen LogP contribution is -2.49. The number of rotatable bonds is 9. The van der Waals surface area contributed by atoms with Crippen molar-refractivity contribution in [1.82, 2.24) is 10.2 Å². The SMILES string of the molecule is CNC(CN(CCOC)C(C)C1CC1)C1CCCCC1. The smallest absolute Gasteiger partial charge is 0.0589 e. The summed E-state index contributed by atoms with van der Waals surface area (Å²) < 4.78 is 5.32. The van der Waals surface area contributed by atoms with E-state index in [0.29, 0.717) is 6.04 Å². The fraction of sp³-hybridized carbons (Fsp3) is 1.00. The molecule has 2 fully saturated rings. The minimum atomic E-state index is 0.661. The summed E-state index contributed by atoms with van der Waals surface area (Å²) in [5.74, 6) is 1.82. The molecule has 1 N–H and O–H groups in total. The lowest BCUT2D eigenvalue weighted by atomic mass is 9.83. The summed E-state index contributed by atoms with van der Waals surface area (Å²) in [5, 5.41) is 3.61. The van der Waals surface area contributed by atoms with E-state index in [1.165, 1.54) is 51.5 Å². The van der Waals surface area contributed by atoms with Gasteiger partial charge in [-0.3, -0.25) is 4.90 Å². The number of methoxy groups -OCH3 is 1. The van der Waals surface area contributed by atoms with E-state index in [0.717, 1.165) is 31.0 Å². The molecule has 0 radical (unpaired) electrons. The molecule has 0 saturated heterocycles. The molecule has 3 heteroatoms. The minimum absolute atomic E-state index is 0.661. The molecule has 2 saturated carbocycles. The topological polar surface area (TPSA) is 24.5 Å². The number of nitrogens with zero attached hydrogens (tertiary/aromatic N) is 1. The lowest BCUT2D eigenvalue weighted by molar-refractivity contribution is 0.0963. The molecule has 0 spiro atoms. The van der Waals surface area contributed by atoms with Gasteiger partial charge in [0.15, 0.2) is 0 Å². The molecule has 20 heavy (non-hydrogen) atoms. The van der Waals surface area contributed by atoms with Crippen LogP contribution in [0.3, 0.4) is 0 Å². The molecule has 118 valence electrons. The van der Waals surface area contributed by atoms with E-state index in [9.17, 15) is 0 Å². The number of hydrogen-bond acceptors (Lipinski definition) is 3. The largest absolute Gasteiger partial charge is 0.383 e. The van der Waals surface area contributed by atoms with Crippen LogP contribution in [0.15, 0.2) is 0 Å². The highest BCUT2D eigenvalue weighted by molar-refractivity contribution is 4.89. The van der Waals surface area contributed by atoms with Gasteiger partial charge in [-0.2, -0.15) is 0 Å². The predicted molar refractivity (Wildman–Crippen MR) is 85.1 cm³/mol. The summed E-state index contributed by atoms with van der Waals surface area (Å²) in [6.45, 7) is 5.56. The molecule has 2 atom stereocenters. The van der Waals surface area contributed by atoms with Gasteiger partial charge in [0.05, 0.1) is 6.61 Å². The summed E-state index contributed by atoms with van der Waals surface area (Å²) >= 11 is 0. The number of nitrogens with one attached hydrogen (secondary N) is 1. The maximum atomic E-state index is 5.32. The second kappa shape index (κ2) is 8.35. The third-order valence-electron chi connectivity index (χ3n) is 5.48. The Morgan fingerprint density at radius 2 is 1.80 bits per heavy atom. The van der Waals surface area contributed by atoms with Gasteiger partial charge in [0.2, 0.25) is 0 Å². The summed E-state index contributed by atoms with van der Waals surface area (Å²) in [5.41, 5.74) is 0. The fourth-order valence-corrected chi connectivity index (χ4v) is 3.81. The van der Waals surface area contributed by atoms with Gasteiger partial charge < -0.3 is 10.1 Å². The van der Waals surface area contributed by atoms with Gasteiger partial charge in [-0.15, -0.1) is 0 Å². The van der Waals surface area contributed by atoms with Crippen molar-refractivity contribution in [1.29, 1.82) is 0 Å². The highest BCUT2D eigenvalue weighted by Crippen LogP contribution is 2.35. The van der Waals surface area contributed by atoms with E-state index in [2.05, 4.69) is 24.2 Å². The van der Waals surface area contributed by atoms with Crippen LogP contribution in [0.25, 0.3) is 0 Å². The van der Waals surface area contributed by atoms with Gasteiger partial charge in [0.1, 0.15) is 0 Å². The van der Waals surface area contributed by atoms with Crippen LogP contribution < -0.4 is 5.32 Å². The fourth-order valence-electron chi connectivity index (χ4n) is 3.81. The average Bonchev–Trinajstić information content (AvgIpc) is 3.32. The van der Waals surface area contributed by atoms with Crippen molar-refractivity contribution in [3.8, 4) is 0 Å². The summed E-state index contributed by atoms with van der Waals surface area (Å²) in [6, 6.07) is 1.39. The van der Waals surface area contributed by atoms with Crippen LogP contribution in [-0.2, 0) is 4.74 Å². The molecule has 0 aromatic heterocycles. The molecule has 0 aromatic rings.